The van der Waals surface area contributed by atoms with Gasteiger partial charge in [0.05, 0.1) is 45.2 Å². The average Bonchev–Trinajstić information content (AvgIpc) is 3.55. The molecule has 2 heterocycles. The monoisotopic (exact) mass is 565 g/mol. The van der Waals surface area contributed by atoms with E-state index in [1.165, 1.54) is 4.90 Å². The number of nitriles is 1. The number of fused-ring (bicyclic) bond motifs is 4. The molecule has 0 bridgehead atoms. The first kappa shape index (κ1) is 25.5. The molecule has 7 aromatic rings. The van der Waals surface area contributed by atoms with Gasteiger partial charge in [-0.1, -0.05) is 91.0 Å². The van der Waals surface area contributed by atoms with Crippen molar-refractivity contribution < 1.29 is 9.59 Å². The van der Waals surface area contributed by atoms with E-state index in [4.69, 9.17) is 0 Å². The number of carbonyl (C=O) groups is 2. The maximum absolute atomic E-state index is 14.2. The Hall–Kier alpha value is -6.25. The van der Waals surface area contributed by atoms with Crippen LogP contribution in [0.5, 0.6) is 0 Å². The van der Waals surface area contributed by atoms with Crippen molar-refractivity contribution in [3.05, 3.63) is 156 Å². The van der Waals surface area contributed by atoms with Crippen LogP contribution in [0.15, 0.2) is 140 Å². The molecule has 0 unspecified atom stereocenters. The molecular formula is C39H23N3O2. The van der Waals surface area contributed by atoms with Gasteiger partial charge in [0.1, 0.15) is 0 Å². The second kappa shape index (κ2) is 9.94. The molecule has 2 amide bonds. The van der Waals surface area contributed by atoms with Crippen LogP contribution in [0, 0.1) is 11.3 Å². The number of rotatable bonds is 4. The van der Waals surface area contributed by atoms with Crippen molar-refractivity contribution in [3.8, 4) is 34.0 Å². The lowest BCUT2D eigenvalue weighted by atomic mass is 10.0. The Morgan fingerprint density at radius 1 is 0.523 bits per heavy atom. The first-order valence-electron chi connectivity index (χ1n) is 14.3. The number of benzene rings is 6. The lowest BCUT2D eigenvalue weighted by Gasteiger charge is -2.15. The van der Waals surface area contributed by atoms with Crippen LogP contribution in [-0.2, 0) is 0 Å². The lowest BCUT2D eigenvalue weighted by Crippen LogP contribution is -2.29. The van der Waals surface area contributed by atoms with E-state index in [0.717, 1.165) is 44.1 Å². The van der Waals surface area contributed by atoms with Crippen molar-refractivity contribution in [3.63, 3.8) is 0 Å². The molecule has 0 aliphatic carbocycles. The molecule has 0 fully saturated rings. The summed E-state index contributed by atoms with van der Waals surface area (Å²) in [7, 11) is 0. The van der Waals surface area contributed by atoms with Crippen molar-refractivity contribution in [2.45, 2.75) is 0 Å². The van der Waals surface area contributed by atoms with Crippen LogP contribution >= 0.6 is 0 Å². The van der Waals surface area contributed by atoms with Gasteiger partial charge in [0.25, 0.3) is 11.8 Å². The van der Waals surface area contributed by atoms with Gasteiger partial charge in [0.2, 0.25) is 0 Å². The fourth-order valence-corrected chi connectivity index (χ4v) is 6.27. The maximum Gasteiger partial charge on any atom is 0.268 e. The third kappa shape index (κ3) is 3.86. The van der Waals surface area contributed by atoms with Gasteiger partial charge < -0.3 is 4.57 Å². The van der Waals surface area contributed by atoms with Gasteiger partial charge in [-0.25, -0.2) is 4.90 Å². The Bertz CT molecular complexity index is 2310. The van der Waals surface area contributed by atoms with Crippen molar-refractivity contribution in [1.82, 2.24) is 4.57 Å². The van der Waals surface area contributed by atoms with E-state index in [-0.39, 0.29) is 11.8 Å². The van der Waals surface area contributed by atoms with Gasteiger partial charge in [0.15, 0.2) is 0 Å². The Morgan fingerprint density at radius 2 is 1.16 bits per heavy atom. The second-order valence-corrected chi connectivity index (χ2v) is 10.8. The summed E-state index contributed by atoms with van der Waals surface area (Å²) in [5.41, 5.74) is 8.48. The molecule has 0 saturated carbocycles. The minimum Gasteiger partial charge on any atom is -0.308 e. The number of hydrogen-bond acceptors (Lipinski definition) is 3. The highest BCUT2D eigenvalue weighted by molar-refractivity contribution is 6.35. The Labute approximate surface area is 253 Å². The SMILES string of the molecule is N#Cc1ccc(-c2ccc3c4ccccc4n(-c4cccc5c4C(=O)N(c4ccc(-c6ccccc6)cc4)C5=O)c3c2)cc1. The van der Waals surface area contributed by atoms with Gasteiger partial charge in [-0.3, -0.25) is 9.59 Å². The molecule has 5 heteroatoms. The minimum atomic E-state index is -0.345. The molecule has 6 aromatic carbocycles. The average molecular weight is 566 g/mol. The third-order valence-corrected chi connectivity index (χ3v) is 8.39. The normalized spacial score (nSPS) is 12.6. The summed E-state index contributed by atoms with van der Waals surface area (Å²) in [6.07, 6.45) is 0. The molecule has 0 spiro atoms. The van der Waals surface area contributed by atoms with Crippen LogP contribution in [0.3, 0.4) is 0 Å². The zero-order chi connectivity index (χ0) is 29.8. The van der Waals surface area contributed by atoms with Crippen LogP contribution in [0.2, 0.25) is 0 Å². The number of para-hydroxylation sites is 1. The Balaban J connectivity index is 1.28. The number of nitrogens with zero attached hydrogens (tertiary/aromatic N) is 3. The summed E-state index contributed by atoms with van der Waals surface area (Å²) < 4.78 is 2.09. The van der Waals surface area contributed by atoms with Crippen molar-refractivity contribution in [2.24, 2.45) is 0 Å². The highest BCUT2D eigenvalue weighted by Crippen LogP contribution is 2.39. The summed E-state index contributed by atoms with van der Waals surface area (Å²) in [5.74, 6) is -0.680. The molecule has 44 heavy (non-hydrogen) atoms. The van der Waals surface area contributed by atoms with Gasteiger partial charge in [-0.15, -0.1) is 0 Å². The van der Waals surface area contributed by atoms with Gasteiger partial charge in [-0.2, -0.15) is 5.26 Å². The van der Waals surface area contributed by atoms with Crippen LogP contribution in [-0.4, -0.2) is 16.4 Å². The number of imide groups is 1. The molecule has 0 saturated heterocycles. The lowest BCUT2D eigenvalue weighted by molar-refractivity contribution is 0.0926. The van der Waals surface area contributed by atoms with E-state index >= 15 is 0 Å². The van der Waals surface area contributed by atoms with Gasteiger partial charge >= 0.3 is 0 Å². The van der Waals surface area contributed by atoms with E-state index < -0.39 is 0 Å². The van der Waals surface area contributed by atoms with Crippen molar-refractivity contribution in [2.75, 3.05) is 4.90 Å². The molecule has 1 aliphatic heterocycles. The zero-order valence-electron chi connectivity index (χ0n) is 23.4. The highest BCUT2D eigenvalue weighted by Gasteiger charge is 2.39. The van der Waals surface area contributed by atoms with Gasteiger partial charge in [-0.05, 0) is 70.8 Å². The predicted molar refractivity (Wildman–Crippen MR) is 174 cm³/mol. The van der Waals surface area contributed by atoms with Crippen LogP contribution < -0.4 is 4.90 Å². The number of hydrogen-bond donors (Lipinski definition) is 0. The fraction of sp³-hybridized carbons (Fsp3) is 0. The summed E-state index contributed by atoms with van der Waals surface area (Å²) in [6.45, 7) is 0. The zero-order valence-corrected chi connectivity index (χ0v) is 23.4. The first-order valence-corrected chi connectivity index (χ1v) is 14.3. The van der Waals surface area contributed by atoms with E-state index in [0.29, 0.717) is 28.1 Å². The number of aromatic nitrogens is 1. The molecule has 1 aromatic heterocycles. The molecule has 0 radical (unpaired) electrons. The summed E-state index contributed by atoms with van der Waals surface area (Å²) >= 11 is 0. The smallest absolute Gasteiger partial charge is 0.268 e. The molecule has 0 N–H and O–H groups in total. The standard InChI is InChI=1S/C39H23N3O2/c40-24-25-13-15-28(16-14-25)29-19-22-32-31-9-4-5-11-34(31)42(36(32)23-29)35-12-6-10-33-37(35)39(44)41(38(33)43)30-20-17-27(18-21-30)26-7-2-1-3-8-26/h1-23H. The predicted octanol–water partition coefficient (Wildman–Crippen LogP) is 8.79. The van der Waals surface area contributed by atoms with Crippen LogP contribution in [0.4, 0.5) is 5.69 Å². The number of anilines is 1. The number of amides is 2. The van der Waals surface area contributed by atoms with Crippen molar-refractivity contribution in [1.29, 1.82) is 5.26 Å². The third-order valence-electron chi connectivity index (χ3n) is 8.39. The summed E-state index contributed by atoms with van der Waals surface area (Å²) in [5, 5.41) is 11.3. The second-order valence-electron chi connectivity index (χ2n) is 10.8. The molecule has 1 aliphatic rings. The molecular weight excluding hydrogens is 542 g/mol. The van der Waals surface area contributed by atoms with E-state index in [9.17, 15) is 14.9 Å². The molecule has 5 nitrogen and oxygen atoms in total. The molecule has 0 atom stereocenters. The van der Waals surface area contributed by atoms with Gasteiger partial charge in [0, 0.05) is 10.8 Å². The largest absolute Gasteiger partial charge is 0.308 e. The minimum absolute atomic E-state index is 0.335. The van der Waals surface area contributed by atoms with E-state index in [2.05, 4.69) is 34.9 Å². The highest BCUT2D eigenvalue weighted by atomic mass is 16.2. The quantitative estimate of drug-likeness (QED) is 0.200. The Morgan fingerprint density at radius 3 is 1.93 bits per heavy atom. The van der Waals surface area contributed by atoms with Crippen LogP contribution in [0.25, 0.3) is 49.7 Å². The maximum atomic E-state index is 14.2. The molecule has 206 valence electrons. The number of carbonyl (C=O) groups excluding carboxylic acids is 2. The Kier molecular flexibility index (Phi) is 5.75. The van der Waals surface area contributed by atoms with E-state index in [1.807, 2.05) is 109 Å². The topological polar surface area (TPSA) is 66.1 Å². The van der Waals surface area contributed by atoms with Crippen LogP contribution in [0.1, 0.15) is 26.3 Å². The van der Waals surface area contributed by atoms with E-state index in [1.54, 1.807) is 6.07 Å². The first-order chi connectivity index (χ1) is 21.6. The molecule has 8 rings (SSSR count). The fourth-order valence-electron chi connectivity index (χ4n) is 6.27. The summed E-state index contributed by atoms with van der Waals surface area (Å²) in [4.78, 5) is 29.2. The summed E-state index contributed by atoms with van der Waals surface area (Å²) in [6, 6.07) is 47.1. The van der Waals surface area contributed by atoms with Crippen molar-refractivity contribution >= 4 is 39.3 Å².